The molecule has 0 saturated carbocycles. The third-order valence-electron chi connectivity index (χ3n) is 1.57. The van der Waals surface area contributed by atoms with E-state index in [0.29, 0.717) is 0 Å². The van der Waals surface area contributed by atoms with E-state index in [1.807, 2.05) is 28.4 Å². The van der Waals surface area contributed by atoms with E-state index in [1.165, 1.54) is 0 Å². The fraction of sp³-hybridized carbons (Fsp3) is 0.111. The third kappa shape index (κ3) is 2.73. The topological polar surface area (TPSA) is 18.5 Å². The van der Waals surface area contributed by atoms with Gasteiger partial charge in [-0.3, -0.25) is 0 Å². The average Bonchev–Trinajstić information content (AvgIpc) is 2.19. The van der Waals surface area contributed by atoms with Gasteiger partial charge in [0.1, 0.15) is 11.5 Å². The highest BCUT2D eigenvalue weighted by atomic mass is 127. The molecule has 1 aromatic rings. The molecular formula is C9H8IO2Si. The summed E-state index contributed by atoms with van der Waals surface area (Å²) in [5, 5.41) is 0. The first-order chi connectivity index (χ1) is 6.31. The van der Waals surface area contributed by atoms with E-state index in [4.69, 9.17) is 9.16 Å². The van der Waals surface area contributed by atoms with Gasteiger partial charge in [-0.05, 0) is 22.3 Å². The van der Waals surface area contributed by atoms with Crippen LogP contribution in [0.5, 0.6) is 11.5 Å². The number of hydrogen-bond donors (Lipinski definition) is 0. The second-order valence-corrected chi connectivity index (χ2v) is 3.22. The highest BCUT2D eigenvalue weighted by molar-refractivity contribution is 14.1. The van der Waals surface area contributed by atoms with Crippen LogP contribution < -0.4 is 9.16 Å². The lowest BCUT2D eigenvalue weighted by Crippen LogP contribution is -1.90. The smallest absolute Gasteiger partial charge is 0.341 e. The maximum Gasteiger partial charge on any atom is 0.341 e. The highest BCUT2D eigenvalue weighted by Crippen LogP contribution is 2.25. The first-order valence-corrected chi connectivity index (χ1v) is 5.25. The molecule has 1 rings (SSSR count). The van der Waals surface area contributed by atoms with E-state index in [2.05, 4.69) is 33.1 Å². The average molecular weight is 303 g/mol. The summed E-state index contributed by atoms with van der Waals surface area (Å²) in [4.78, 5) is 0. The Morgan fingerprint density at radius 3 is 2.77 bits per heavy atom. The number of ether oxygens (including phenoxy) is 1. The second-order valence-electron chi connectivity index (χ2n) is 2.30. The first-order valence-electron chi connectivity index (χ1n) is 3.60. The molecule has 4 heteroatoms. The van der Waals surface area contributed by atoms with Crippen molar-refractivity contribution >= 4 is 39.2 Å². The van der Waals surface area contributed by atoms with Gasteiger partial charge in [0.05, 0.1) is 7.11 Å². The lowest BCUT2D eigenvalue weighted by Gasteiger charge is -2.06. The van der Waals surface area contributed by atoms with Gasteiger partial charge in [0.25, 0.3) is 0 Å². The molecule has 0 heterocycles. The highest BCUT2D eigenvalue weighted by Gasteiger charge is 2.00. The van der Waals surface area contributed by atoms with E-state index < -0.39 is 0 Å². The minimum atomic E-state index is 0.740. The van der Waals surface area contributed by atoms with Gasteiger partial charge in [0.2, 0.25) is 0 Å². The zero-order valence-electron chi connectivity index (χ0n) is 7.08. The van der Waals surface area contributed by atoms with Crippen LogP contribution in [0.2, 0.25) is 0 Å². The van der Waals surface area contributed by atoms with Crippen molar-refractivity contribution in [2.75, 3.05) is 7.11 Å². The predicted molar refractivity (Wildman–Crippen MR) is 62.4 cm³/mol. The van der Waals surface area contributed by atoms with Crippen molar-refractivity contribution in [3.63, 3.8) is 0 Å². The van der Waals surface area contributed by atoms with Crippen LogP contribution in [0.25, 0.3) is 6.08 Å². The summed E-state index contributed by atoms with van der Waals surface area (Å²) in [7, 11) is 4.62. The molecule has 0 fully saturated rings. The molecule has 0 aromatic heterocycles. The lowest BCUT2D eigenvalue weighted by molar-refractivity contribution is 0.412. The molecule has 1 aromatic carbocycles. The Morgan fingerprint density at radius 2 is 2.23 bits per heavy atom. The molecule has 0 aliphatic rings. The number of methoxy groups -OCH3 is 1. The maximum absolute atomic E-state index is 5.06. The van der Waals surface area contributed by atoms with Gasteiger partial charge >= 0.3 is 10.5 Å². The Kier molecular flexibility index (Phi) is 4.30. The lowest BCUT2D eigenvalue weighted by atomic mass is 10.2. The van der Waals surface area contributed by atoms with Crippen molar-refractivity contribution < 1.29 is 9.16 Å². The van der Waals surface area contributed by atoms with Crippen molar-refractivity contribution in [3.05, 3.63) is 27.8 Å². The molecule has 0 atom stereocenters. The van der Waals surface area contributed by atoms with E-state index >= 15 is 0 Å². The number of hydrogen-bond acceptors (Lipinski definition) is 2. The molecule has 0 amide bonds. The number of halogens is 1. The minimum Gasteiger partial charge on any atom is -0.540 e. The second kappa shape index (κ2) is 5.28. The zero-order valence-corrected chi connectivity index (χ0v) is 10.2. The van der Waals surface area contributed by atoms with Crippen molar-refractivity contribution in [3.8, 4) is 11.5 Å². The standard InChI is InChI=1S/C9H8IO2Si/c1-11-8-3-2-7(4-5-10)9(6-8)12-13/h2-6H,1H3. The quantitative estimate of drug-likeness (QED) is 0.631. The Morgan fingerprint density at radius 1 is 1.46 bits per heavy atom. The minimum absolute atomic E-state index is 0.740. The van der Waals surface area contributed by atoms with E-state index in [0.717, 1.165) is 17.1 Å². The normalized spacial score (nSPS) is 10.4. The molecule has 0 unspecified atom stereocenters. The Bertz CT molecular complexity index is 312. The van der Waals surface area contributed by atoms with Crippen molar-refractivity contribution in [2.45, 2.75) is 0 Å². The molecule has 13 heavy (non-hydrogen) atoms. The summed E-state index contributed by atoms with van der Waals surface area (Å²) >= 11 is 2.16. The van der Waals surface area contributed by atoms with Gasteiger partial charge in [-0.2, -0.15) is 0 Å². The van der Waals surface area contributed by atoms with Gasteiger partial charge in [0.15, 0.2) is 0 Å². The van der Waals surface area contributed by atoms with Crippen LogP contribution in [-0.4, -0.2) is 17.6 Å². The van der Waals surface area contributed by atoms with Crippen LogP contribution in [-0.2, 0) is 0 Å². The molecule has 3 radical (unpaired) electrons. The summed E-state index contributed by atoms with van der Waals surface area (Å²) in [5.74, 6) is 1.52. The Balaban J connectivity index is 3.07. The zero-order chi connectivity index (χ0) is 9.68. The molecule has 0 bridgehead atoms. The fourth-order valence-electron chi connectivity index (χ4n) is 0.936. The van der Waals surface area contributed by atoms with Crippen LogP contribution in [0, 0.1) is 0 Å². The molecular weight excluding hydrogens is 295 g/mol. The van der Waals surface area contributed by atoms with Gasteiger partial charge in [-0.1, -0.05) is 22.6 Å². The van der Waals surface area contributed by atoms with Crippen LogP contribution in [0.3, 0.4) is 0 Å². The summed E-state index contributed by atoms with van der Waals surface area (Å²) in [6.45, 7) is 0. The fourth-order valence-corrected chi connectivity index (χ4v) is 1.50. The summed E-state index contributed by atoms with van der Waals surface area (Å²) in [6, 6.07) is 5.64. The van der Waals surface area contributed by atoms with Gasteiger partial charge < -0.3 is 9.16 Å². The monoisotopic (exact) mass is 303 g/mol. The molecule has 2 nitrogen and oxygen atoms in total. The molecule has 0 aliphatic heterocycles. The van der Waals surface area contributed by atoms with Crippen molar-refractivity contribution in [2.24, 2.45) is 0 Å². The SMILES string of the molecule is COc1ccc(C=CI)c(O[Si])c1. The van der Waals surface area contributed by atoms with Crippen molar-refractivity contribution in [1.29, 1.82) is 0 Å². The molecule has 0 spiro atoms. The third-order valence-corrected chi connectivity index (χ3v) is 2.15. The molecule has 0 N–H and O–H groups in total. The van der Waals surface area contributed by atoms with Crippen LogP contribution in [0.4, 0.5) is 0 Å². The first kappa shape index (κ1) is 10.6. The predicted octanol–water partition coefficient (Wildman–Crippen LogP) is 2.56. The van der Waals surface area contributed by atoms with Crippen LogP contribution in [0.15, 0.2) is 22.3 Å². The van der Waals surface area contributed by atoms with Crippen LogP contribution >= 0.6 is 22.6 Å². The van der Waals surface area contributed by atoms with Gasteiger partial charge in [-0.15, -0.1) is 0 Å². The molecule has 67 valence electrons. The summed E-state index contributed by atoms with van der Waals surface area (Å²) in [5.41, 5.74) is 1.00. The van der Waals surface area contributed by atoms with Gasteiger partial charge in [0, 0.05) is 11.6 Å². The Labute approximate surface area is 94.6 Å². The van der Waals surface area contributed by atoms with E-state index in [9.17, 15) is 0 Å². The van der Waals surface area contributed by atoms with Crippen molar-refractivity contribution in [1.82, 2.24) is 0 Å². The number of benzene rings is 1. The molecule has 0 aliphatic carbocycles. The summed E-state index contributed by atoms with van der Waals surface area (Å²) in [6.07, 6.45) is 1.95. The summed E-state index contributed by atoms with van der Waals surface area (Å²) < 4.78 is 12.0. The van der Waals surface area contributed by atoms with E-state index in [-0.39, 0.29) is 0 Å². The van der Waals surface area contributed by atoms with Crippen LogP contribution in [0.1, 0.15) is 5.56 Å². The van der Waals surface area contributed by atoms with Gasteiger partial charge in [-0.25, -0.2) is 0 Å². The largest absolute Gasteiger partial charge is 0.540 e. The molecule has 0 saturated heterocycles. The Hall–Kier alpha value is -0.493. The maximum atomic E-state index is 5.06. The van der Waals surface area contributed by atoms with E-state index in [1.54, 1.807) is 7.11 Å². The number of rotatable bonds is 3.